The Bertz CT molecular complexity index is 1830. The average molecular weight is 623 g/mol. The molecule has 5 rings (SSSR count). The number of rotatable bonds is 9. The van der Waals surface area contributed by atoms with Crippen LogP contribution in [0.2, 0.25) is 0 Å². The van der Waals surface area contributed by atoms with Gasteiger partial charge in [0.05, 0.1) is 24.8 Å². The maximum absolute atomic E-state index is 14.7. The van der Waals surface area contributed by atoms with Crippen molar-refractivity contribution in [2.45, 2.75) is 24.9 Å². The smallest absolute Gasteiger partial charge is 0.422 e. The third kappa shape index (κ3) is 8.30. The van der Waals surface area contributed by atoms with Gasteiger partial charge in [0.15, 0.2) is 6.61 Å². The van der Waals surface area contributed by atoms with Gasteiger partial charge >= 0.3 is 6.18 Å². The second-order valence-corrected chi connectivity index (χ2v) is 9.89. The Morgan fingerprint density at radius 2 is 1.62 bits per heavy atom. The molecule has 0 saturated heterocycles. The Labute approximate surface area is 252 Å². The number of nitrogens with one attached hydrogen (secondary N) is 1. The van der Waals surface area contributed by atoms with Crippen LogP contribution in [0.15, 0.2) is 91.8 Å². The first-order valence-corrected chi connectivity index (χ1v) is 13.2. The number of aliphatic hydroxyl groups is 1. The molecule has 2 N–H and O–H groups in total. The molecule has 0 fully saturated rings. The lowest BCUT2D eigenvalue weighted by atomic mass is 9.93. The number of nitrogens with zero attached hydrogens (tertiary/aromatic N) is 5. The van der Waals surface area contributed by atoms with E-state index in [-0.39, 0.29) is 24.4 Å². The Morgan fingerprint density at radius 3 is 2.29 bits per heavy atom. The molecule has 0 aliphatic heterocycles. The van der Waals surface area contributed by atoms with Crippen LogP contribution in [0, 0.1) is 23.5 Å². The van der Waals surface area contributed by atoms with Gasteiger partial charge in [-0.15, -0.1) is 0 Å². The number of benzene rings is 3. The van der Waals surface area contributed by atoms with Crippen molar-refractivity contribution in [3.8, 4) is 17.6 Å². The summed E-state index contributed by atoms with van der Waals surface area (Å²) in [6.45, 7) is -1.80. The molecule has 9 nitrogen and oxygen atoms in total. The standard InChI is InChI=1S/C31H23F5N6O3/c32-24-7-12-27(28(33)13-24)30(44,17-42-20-37-19-39-42)16-41-15-22(14-38-41)2-1-21-3-5-23(6-4-21)29(43)40-25-8-10-26(11-9-25)45-18-31(34,35)36/h3-15,19-20,44H,16-18H2,(H,40,43). The molecule has 1 atom stereocenters. The molecule has 14 heteroatoms. The van der Waals surface area contributed by atoms with E-state index in [2.05, 4.69) is 37.1 Å². The molecule has 0 radical (unpaired) electrons. The van der Waals surface area contributed by atoms with E-state index in [4.69, 9.17) is 0 Å². The van der Waals surface area contributed by atoms with Crippen LogP contribution in [0.3, 0.4) is 0 Å². The number of alkyl halides is 3. The molecule has 5 aromatic rings. The number of carbonyl (C=O) groups excluding carboxylic acids is 1. The molecule has 2 heterocycles. The highest BCUT2D eigenvalue weighted by atomic mass is 19.4. The van der Waals surface area contributed by atoms with Crippen LogP contribution in [0.25, 0.3) is 0 Å². The van der Waals surface area contributed by atoms with Gasteiger partial charge in [0.25, 0.3) is 5.91 Å². The summed E-state index contributed by atoms with van der Waals surface area (Å²) < 4.78 is 72.5. The number of anilines is 1. The molecule has 1 unspecified atom stereocenters. The number of hydrogen-bond donors (Lipinski definition) is 2. The zero-order valence-corrected chi connectivity index (χ0v) is 23.2. The molecule has 1 amide bonds. The third-order valence-corrected chi connectivity index (χ3v) is 6.39. The van der Waals surface area contributed by atoms with Gasteiger partial charge in [-0.3, -0.25) is 9.48 Å². The lowest BCUT2D eigenvalue weighted by Crippen LogP contribution is -2.37. The number of hydrogen-bond acceptors (Lipinski definition) is 6. The molecule has 2 aromatic heterocycles. The monoisotopic (exact) mass is 622 g/mol. The normalized spacial score (nSPS) is 12.6. The Morgan fingerprint density at radius 1 is 0.911 bits per heavy atom. The van der Waals surface area contributed by atoms with Crippen molar-refractivity contribution >= 4 is 11.6 Å². The second kappa shape index (κ2) is 13.0. The third-order valence-electron chi connectivity index (χ3n) is 6.39. The topological polar surface area (TPSA) is 107 Å². The summed E-state index contributed by atoms with van der Waals surface area (Å²) in [6, 6.07) is 14.8. The summed E-state index contributed by atoms with van der Waals surface area (Å²) in [5.74, 6) is 3.76. The van der Waals surface area contributed by atoms with Gasteiger partial charge in [-0.2, -0.15) is 23.4 Å². The molecule has 0 aliphatic carbocycles. The number of carbonyl (C=O) groups is 1. The van der Waals surface area contributed by atoms with Crippen LogP contribution in [0.5, 0.6) is 5.75 Å². The second-order valence-electron chi connectivity index (χ2n) is 9.89. The van der Waals surface area contributed by atoms with Gasteiger partial charge in [-0.25, -0.2) is 18.4 Å². The van der Waals surface area contributed by atoms with E-state index in [9.17, 15) is 31.9 Å². The van der Waals surface area contributed by atoms with Gasteiger partial charge in [-0.1, -0.05) is 17.9 Å². The summed E-state index contributed by atoms with van der Waals surface area (Å²) in [7, 11) is 0. The summed E-state index contributed by atoms with van der Waals surface area (Å²) in [4.78, 5) is 16.4. The minimum atomic E-state index is -4.45. The van der Waals surface area contributed by atoms with Crippen LogP contribution in [0.1, 0.15) is 27.0 Å². The van der Waals surface area contributed by atoms with Crippen molar-refractivity contribution in [2.24, 2.45) is 0 Å². The summed E-state index contributed by atoms with van der Waals surface area (Å²) in [5.41, 5.74) is -0.231. The molecular weight excluding hydrogens is 599 g/mol. The lowest BCUT2D eigenvalue weighted by molar-refractivity contribution is -0.153. The van der Waals surface area contributed by atoms with Gasteiger partial charge in [-0.05, 0) is 54.6 Å². The predicted molar refractivity (Wildman–Crippen MR) is 151 cm³/mol. The molecule has 0 aliphatic rings. The summed E-state index contributed by atoms with van der Waals surface area (Å²) in [6.07, 6.45) is 1.20. The van der Waals surface area contributed by atoms with Gasteiger partial charge < -0.3 is 15.2 Å². The van der Waals surface area contributed by atoms with E-state index >= 15 is 0 Å². The first-order chi connectivity index (χ1) is 21.5. The first-order valence-electron chi connectivity index (χ1n) is 13.2. The Balaban J connectivity index is 1.23. The fourth-order valence-electron chi connectivity index (χ4n) is 4.30. The van der Waals surface area contributed by atoms with Crippen LogP contribution in [-0.4, -0.2) is 48.3 Å². The van der Waals surface area contributed by atoms with Gasteiger partial charge in [0.2, 0.25) is 0 Å². The number of halogens is 5. The number of ether oxygens (including phenoxy) is 1. The van der Waals surface area contributed by atoms with E-state index in [1.165, 1.54) is 58.5 Å². The maximum Gasteiger partial charge on any atom is 0.422 e. The SMILES string of the molecule is O=C(Nc1ccc(OCC(F)(F)F)cc1)c1ccc(C#Cc2cnn(CC(O)(Cn3cncn3)c3ccc(F)cc3F)c2)cc1. The van der Waals surface area contributed by atoms with Crippen molar-refractivity contribution in [2.75, 3.05) is 11.9 Å². The fraction of sp³-hybridized carbons (Fsp3) is 0.161. The highest BCUT2D eigenvalue weighted by molar-refractivity contribution is 6.04. The molecule has 0 saturated carbocycles. The average Bonchev–Trinajstić information content (AvgIpc) is 3.67. The predicted octanol–water partition coefficient (Wildman–Crippen LogP) is 4.93. The van der Waals surface area contributed by atoms with E-state index in [0.29, 0.717) is 28.4 Å². The molecular formula is C31H23F5N6O3. The summed E-state index contributed by atoms with van der Waals surface area (Å²) >= 11 is 0. The van der Waals surface area contributed by atoms with Crippen LogP contribution in [-0.2, 0) is 18.7 Å². The Kier molecular flexibility index (Phi) is 8.91. The van der Waals surface area contributed by atoms with Gasteiger partial charge in [0.1, 0.15) is 35.6 Å². The number of amides is 1. The van der Waals surface area contributed by atoms with Crippen molar-refractivity contribution in [1.29, 1.82) is 0 Å². The van der Waals surface area contributed by atoms with E-state index in [1.54, 1.807) is 30.5 Å². The number of aromatic nitrogens is 5. The van der Waals surface area contributed by atoms with Crippen molar-refractivity contribution in [1.82, 2.24) is 24.5 Å². The highest BCUT2D eigenvalue weighted by Gasteiger charge is 2.34. The van der Waals surface area contributed by atoms with Crippen LogP contribution in [0.4, 0.5) is 27.6 Å². The molecule has 0 spiro atoms. The van der Waals surface area contributed by atoms with Crippen molar-refractivity contribution < 1.29 is 36.6 Å². The van der Waals surface area contributed by atoms with E-state index in [0.717, 1.165) is 6.07 Å². The zero-order chi connectivity index (χ0) is 32.0. The maximum atomic E-state index is 14.7. The van der Waals surface area contributed by atoms with Crippen LogP contribution < -0.4 is 10.1 Å². The van der Waals surface area contributed by atoms with Crippen molar-refractivity contribution in [3.05, 3.63) is 126 Å². The van der Waals surface area contributed by atoms with E-state index < -0.39 is 35.9 Å². The minimum absolute atomic E-state index is 0.0167. The molecule has 230 valence electrons. The van der Waals surface area contributed by atoms with Gasteiger partial charge in [0, 0.05) is 34.6 Å². The zero-order valence-electron chi connectivity index (χ0n) is 23.2. The summed E-state index contributed by atoms with van der Waals surface area (Å²) in [5, 5.41) is 22.3. The minimum Gasteiger partial charge on any atom is -0.484 e. The molecule has 45 heavy (non-hydrogen) atoms. The van der Waals surface area contributed by atoms with Crippen molar-refractivity contribution in [3.63, 3.8) is 0 Å². The lowest BCUT2D eigenvalue weighted by Gasteiger charge is -2.28. The first kappa shape index (κ1) is 30.9. The largest absolute Gasteiger partial charge is 0.484 e. The highest BCUT2D eigenvalue weighted by Crippen LogP contribution is 2.28. The fourth-order valence-corrected chi connectivity index (χ4v) is 4.30. The van der Waals surface area contributed by atoms with E-state index in [1.807, 2.05) is 0 Å². The quantitative estimate of drug-likeness (QED) is 0.178. The molecule has 0 bridgehead atoms. The van der Waals surface area contributed by atoms with Crippen LogP contribution >= 0.6 is 0 Å². The molecule has 3 aromatic carbocycles. The Hall–Kier alpha value is -5.55.